The molecular weight excluding hydrogens is 338 g/mol. The van der Waals surface area contributed by atoms with Gasteiger partial charge in [0, 0.05) is 5.39 Å². The van der Waals surface area contributed by atoms with Gasteiger partial charge in [-0.3, -0.25) is 4.18 Å². The van der Waals surface area contributed by atoms with E-state index in [0.717, 1.165) is 28.4 Å². The summed E-state index contributed by atoms with van der Waals surface area (Å²) in [5.74, 6) is 0.715. The molecule has 3 aromatic rings. The van der Waals surface area contributed by atoms with Crippen LogP contribution in [0, 0.1) is 0 Å². The Hall–Kier alpha value is -2.44. The van der Waals surface area contributed by atoms with E-state index in [1.54, 1.807) is 0 Å². The first-order valence-electron chi connectivity index (χ1n) is 7.90. The van der Waals surface area contributed by atoms with E-state index >= 15 is 0 Å². The molecule has 0 bridgehead atoms. The van der Waals surface area contributed by atoms with Crippen molar-refractivity contribution >= 4 is 21.0 Å². The summed E-state index contributed by atoms with van der Waals surface area (Å²) in [6, 6.07) is 19.4. The van der Waals surface area contributed by atoms with Gasteiger partial charge in [-0.15, -0.1) is 0 Å². The SMILES string of the molecule is CS(=O)(=O)OCCc1cccc(OCc2ccc3ccccc3n2)c1. The summed E-state index contributed by atoms with van der Waals surface area (Å²) in [5, 5.41) is 1.10. The van der Waals surface area contributed by atoms with Crippen LogP contribution in [0.2, 0.25) is 0 Å². The third kappa shape index (κ3) is 5.27. The van der Waals surface area contributed by atoms with E-state index in [-0.39, 0.29) is 6.61 Å². The van der Waals surface area contributed by atoms with Crippen molar-refractivity contribution in [3.63, 3.8) is 0 Å². The van der Waals surface area contributed by atoms with Crippen LogP contribution in [0.15, 0.2) is 60.7 Å². The van der Waals surface area contributed by atoms with E-state index in [9.17, 15) is 8.42 Å². The third-order valence-corrected chi connectivity index (χ3v) is 4.22. The molecular formula is C19H19NO4S. The first-order chi connectivity index (χ1) is 12.0. The summed E-state index contributed by atoms with van der Waals surface area (Å²) in [4.78, 5) is 4.58. The molecule has 0 saturated heterocycles. The zero-order valence-corrected chi connectivity index (χ0v) is 14.7. The number of rotatable bonds is 7. The van der Waals surface area contributed by atoms with Gasteiger partial charge in [-0.05, 0) is 36.2 Å². The Morgan fingerprint density at radius 1 is 1.00 bits per heavy atom. The highest BCUT2D eigenvalue weighted by molar-refractivity contribution is 7.85. The van der Waals surface area contributed by atoms with Gasteiger partial charge in [0.1, 0.15) is 12.4 Å². The molecule has 0 N–H and O–H groups in total. The lowest BCUT2D eigenvalue weighted by atomic mass is 10.1. The predicted molar refractivity (Wildman–Crippen MR) is 97.0 cm³/mol. The lowest BCUT2D eigenvalue weighted by Gasteiger charge is -2.08. The average molecular weight is 357 g/mol. The second kappa shape index (κ2) is 7.63. The van der Waals surface area contributed by atoms with Gasteiger partial charge in [-0.2, -0.15) is 8.42 Å². The summed E-state index contributed by atoms with van der Waals surface area (Å²) in [6.45, 7) is 0.489. The van der Waals surface area contributed by atoms with Crippen molar-refractivity contribution in [2.24, 2.45) is 0 Å². The van der Waals surface area contributed by atoms with Crippen molar-refractivity contribution in [1.82, 2.24) is 4.98 Å². The maximum absolute atomic E-state index is 11.0. The van der Waals surface area contributed by atoms with Gasteiger partial charge in [0.05, 0.1) is 24.1 Å². The Kier molecular flexibility index (Phi) is 5.31. The second-order valence-corrected chi connectivity index (χ2v) is 7.35. The van der Waals surface area contributed by atoms with Gasteiger partial charge in [-0.25, -0.2) is 4.98 Å². The minimum Gasteiger partial charge on any atom is -0.487 e. The topological polar surface area (TPSA) is 65.5 Å². The van der Waals surface area contributed by atoms with Gasteiger partial charge in [0.2, 0.25) is 0 Å². The second-order valence-electron chi connectivity index (χ2n) is 5.71. The van der Waals surface area contributed by atoms with E-state index in [0.29, 0.717) is 18.8 Å². The highest BCUT2D eigenvalue weighted by atomic mass is 32.2. The van der Waals surface area contributed by atoms with Crippen LogP contribution < -0.4 is 4.74 Å². The Labute approximate surface area is 147 Å². The van der Waals surface area contributed by atoms with Crippen LogP contribution in [-0.4, -0.2) is 26.3 Å². The molecule has 25 heavy (non-hydrogen) atoms. The maximum atomic E-state index is 11.0. The molecule has 0 atom stereocenters. The fourth-order valence-corrected chi connectivity index (χ4v) is 2.83. The molecule has 1 heterocycles. The van der Waals surface area contributed by atoms with Crippen molar-refractivity contribution < 1.29 is 17.3 Å². The Balaban J connectivity index is 1.61. The van der Waals surface area contributed by atoms with Crippen LogP contribution in [0.4, 0.5) is 0 Å². The third-order valence-electron chi connectivity index (χ3n) is 3.63. The van der Waals surface area contributed by atoms with Crippen LogP contribution in [0.25, 0.3) is 10.9 Å². The normalized spacial score (nSPS) is 11.6. The van der Waals surface area contributed by atoms with Gasteiger partial charge >= 0.3 is 0 Å². The number of ether oxygens (including phenoxy) is 1. The lowest BCUT2D eigenvalue weighted by molar-refractivity contribution is 0.300. The Morgan fingerprint density at radius 3 is 2.68 bits per heavy atom. The number of benzene rings is 2. The molecule has 5 nitrogen and oxygen atoms in total. The number of hydrogen-bond donors (Lipinski definition) is 0. The number of para-hydroxylation sites is 1. The number of pyridine rings is 1. The molecule has 0 aliphatic heterocycles. The molecule has 2 aromatic carbocycles. The van der Waals surface area contributed by atoms with Crippen molar-refractivity contribution in [3.8, 4) is 5.75 Å². The monoisotopic (exact) mass is 357 g/mol. The van der Waals surface area contributed by atoms with Crippen molar-refractivity contribution in [2.45, 2.75) is 13.0 Å². The molecule has 6 heteroatoms. The lowest BCUT2D eigenvalue weighted by Crippen LogP contribution is -2.06. The zero-order valence-electron chi connectivity index (χ0n) is 13.9. The van der Waals surface area contributed by atoms with E-state index in [1.807, 2.05) is 60.7 Å². The predicted octanol–water partition coefficient (Wildman–Crippen LogP) is 3.33. The summed E-state index contributed by atoms with van der Waals surface area (Å²) in [5.41, 5.74) is 2.74. The van der Waals surface area contributed by atoms with Crippen molar-refractivity contribution in [2.75, 3.05) is 12.9 Å². The van der Waals surface area contributed by atoms with E-state index in [2.05, 4.69) is 4.98 Å². The minimum absolute atomic E-state index is 0.120. The number of fused-ring (bicyclic) bond motifs is 1. The minimum atomic E-state index is -3.41. The highest BCUT2D eigenvalue weighted by Gasteiger charge is 2.04. The molecule has 0 aliphatic rings. The largest absolute Gasteiger partial charge is 0.487 e. The molecule has 130 valence electrons. The van der Waals surface area contributed by atoms with Gasteiger partial charge < -0.3 is 4.74 Å². The number of aromatic nitrogens is 1. The molecule has 0 aliphatic carbocycles. The molecule has 0 fully saturated rings. The molecule has 0 unspecified atom stereocenters. The molecule has 3 rings (SSSR count). The van der Waals surface area contributed by atoms with Crippen LogP contribution in [0.1, 0.15) is 11.3 Å². The van der Waals surface area contributed by atoms with Crippen molar-refractivity contribution in [1.29, 1.82) is 0 Å². The summed E-state index contributed by atoms with van der Waals surface area (Å²) in [7, 11) is -3.41. The Bertz CT molecular complexity index is 970. The molecule has 0 saturated carbocycles. The fourth-order valence-electron chi connectivity index (χ4n) is 2.45. The van der Waals surface area contributed by atoms with Crippen molar-refractivity contribution in [3.05, 3.63) is 71.9 Å². The molecule has 0 amide bonds. The zero-order chi connectivity index (χ0) is 17.7. The smallest absolute Gasteiger partial charge is 0.264 e. The molecule has 0 spiro atoms. The van der Waals surface area contributed by atoms with Crippen LogP contribution >= 0.6 is 0 Å². The van der Waals surface area contributed by atoms with Gasteiger partial charge in [0.25, 0.3) is 10.1 Å². The first-order valence-corrected chi connectivity index (χ1v) is 9.72. The van der Waals surface area contributed by atoms with Gasteiger partial charge in [-0.1, -0.05) is 36.4 Å². The fraction of sp³-hybridized carbons (Fsp3) is 0.211. The highest BCUT2D eigenvalue weighted by Crippen LogP contribution is 2.17. The van der Waals surface area contributed by atoms with Gasteiger partial charge in [0.15, 0.2) is 0 Å². The summed E-state index contributed by atoms with van der Waals surface area (Å²) in [6.07, 6.45) is 1.54. The standard InChI is InChI=1S/C19H19NO4S/c1-25(21,22)24-12-11-15-5-4-7-18(13-15)23-14-17-10-9-16-6-2-3-8-19(16)20-17/h2-10,13H,11-12,14H2,1H3. The number of nitrogens with zero attached hydrogens (tertiary/aromatic N) is 1. The quantitative estimate of drug-likeness (QED) is 0.607. The number of hydrogen-bond acceptors (Lipinski definition) is 5. The van der Waals surface area contributed by atoms with E-state index in [4.69, 9.17) is 8.92 Å². The molecule has 1 aromatic heterocycles. The summed E-state index contributed by atoms with van der Waals surface area (Å²) >= 11 is 0. The average Bonchev–Trinajstić information content (AvgIpc) is 2.59. The van der Waals surface area contributed by atoms with Crippen LogP contribution in [0.5, 0.6) is 5.75 Å². The van der Waals surface area contributed by atoms with Crippen LogP contribution in [0.3, 0.4) is 0 Å². The first kappa shape index (κ1) is 17.4. The Morgan fingerprint density at radius 2 is 1.84 bits per heavy atom. The van der Waals surface area contributed by atoms with E-state index in [1.165, 1.54) is 0 Å². The maximum Gasteiger partial charge on any atom is 0.264 e. The van der Waals surface area contributed by atoms with Crippen LogP contribution in [-0.2, 0) is 27.3 Å². The summed E-state index contributed by atoms with van der Waals surface area (Å²) < 4.78 is 32.5. The molecule has 0 radical (unpaired) electrons. The van der Waals surface area contributed by atoms with E-state index < -0.39 is 10.1 Å².